The second kappa shape index (κ2) is 8.03. The predicted molar refractivity (Wildman–Crippen MR) is 68.1 cm³/mol. The summed E-state index contributed by atoms with van der Waals surface area (Å²) >= 11 is 0. The first-order chi connectivity index (χ1) is 8.17. The number of nitrogens with one attached hydrogen (secondary N) is 1. The zero-order chi connectivity index (χ0) is 12.7. The molecule has 0 aromatic carbocycles. The van der Waals surface area contributed by atoms with Crippen LogP contribution < -0.4 is 5.32 Å². The van der Waals surface area contributed by atoms with Gasteiger partial charge in [0, 0.05) is 32.4 Å². The molecule has 0 aliphatic carbocycles. The molecular formula is C13H27NO3. The van der Waals surface area contributed by atoms with E-state index in [9.17, 15) is 0 Å². The molecule has 1 aliphatic rings. The van der Waals surface area contributed by atoms with Crippen LogP contribution in [0.4, 0.5) is 0 Å². The first-order valence-corrected chi connectivity index (χ1v) is 6.64. The monoisotopic (exact) mass is 245 g/mol. The van der Waals surface area contributed by atoms with Crippen molar-refractivity contribution in [1.29, 1.82) is 0 Å². The van der Waals surface area contributed by atoms with Gasteiger partial charge >= 0.3 is 0 Å². The van der Waals surface area contributed by atoms with Crippen LogP contribution in [0.15, 0.2) is 0 Å². The van der Waals surface area contributed by atoms with E-state index in [4.69, 9.17) is 14.6 Å². The molecule has 1 saturated heterocycles. The minimum atomic E-state index is 0.206. The standard InChI is InChI=1S/C13H27NO3/c1-10(2)13-8-11(5-7-17-13)14-12(4-6-15)9-16-3/h10-15H,4-9H2,1-3H3. The van der Waals surface area contributed by atoms with Crippen molar-refractivity contribution in [2.24, 2.45) is 5.92 Å². The Morgan fingerprint density at radius 1 is 1.47 bits per heavy atom. The fourth-order valence-corrected chi connectivity index (χ4v) is 2.35. The number of ether oxygens (including phenoxy) is 2. The van der Waals surface area contributed by atoms with E-state index in [2.05, 4.69) is 19.2 Å². The fraction of sp³-hybridized carbons (Fsp3) is 1.00. The van der Waals surface area contributed by atoms with Crippen LogP contribution in [-0.4, -0.2) is 50.2 Å². The number of aliphatic hydroxyl groups excluding tert-OH is 1. The lowest BCUT2D eigenvalue weighted by Gasteiger charge is -2.34. The zero-order valence-corrected chi connectivity index (χ0v) is 11.3. The molecule has 3 unspecified atom stereocenters. The van der Waals surface area contributed by atoms with Crippen molar-refractivity contribution < 1.29 is 14.6 Å². The van der Waals surface area contributed by atoms with E-state index in [0.29, 0.717) is 24.7 Å². The smallest absolute Gasteiger partial charge is 0.0616 e. The summed E-state index contributed by atoms with van der Waals surface area (Å²) in [7, 11) is 1.70. The van der Waals surface area contributed by atoms with E-state index in [-0.39, 0.29) is 12.6 Å². The summed E-state index contributed by atoms with van der Waals surface area (Å²) in [6.07, 6.45) is 3.22. The minimum absolute atomic E-state index is 0.206. The Morgan fingerprint density at radius 2 is 2.24 bits per heavy atom. The Hall–Kier alpha value is -0.160. The summed E-state index contributed by atoms with van der Waals surface area (Å²) < 4.78 is 10.9. The van der Waals surface area contributed by atoms with E-state index in [1.165, 1.54) is 0 Å². The highest BCUT2D eigenvalue weighted by Crippen LogP contribution is 2.20. The van der Waals surface area contributed by atoms with Crippen LogP contribution in [0.3, 0.4) is 0 Å². The summed E-state index contributed by atoms with van der Waals surface area (Å²) in [6.45, 7) is 6.10. The Labute approximate surface area is 105 Å². The van der Waals surface area contributed by atoms with Gasteiger partial charge in [0.1, 0.15) is 0 Å². The van der Waals surface area contributed by atoms with Crippen molar-refractivity contribution >= 4 is 0 Å². The second-order valence-corrected chi connectivity index (χ2v) is 5.21. The lowest BCUT2D eigenvalue weighted by atomic mass is 9.94. The number of rotatable bonds is 7. The van der Waals surface area contributed by atoms with Gasteiger partial charge in [0.25, 0.3) is 0 Å². The molecule has 0 bridgehead atoms. The zero-order valence-electron chi connectivity index (χ0n) is 11.3. The average molecular weight is 245 g/mol. The maximum Gasteiger partial charge on any atom is 0.0616 e. The lowest BCUT2D eigenvalue weighted by molar-refractivity contribution is -0.0278. The highest BCUT2D eigenvalue weighted by Gasteiger charge is 2.26. The Morgan fingerprint density at radius 3 is 2.82 bits per heavy atom. The van der Waals surface area contributed by atoms with Crippen LogP contribution in [-0.2, 0) is 9.47 Å². The summed E-state index contributed by atoms with van der Waals surface area (Å²) in [4.78, 5) is 0. The van der Waals surface area contributed by atoms with Gasteiger partial charge in [-0.2, -0.15) is 0 Å². The maximum absolute atomic E-state index is 9.01. The molecule has 0 amide bonds. The quantitative estimate of drug-likeness (QED) is 0.707. The summed E-state index contributed by atoms with van der Waals surface area (Å²) in [5.41, 5.74) is 0. The molecule has 0 aromatic rings. The van der Waals surface area contributed by atoms with E-state index in [1.807, 2.05) is 0 Å². The molecule has 3 atom stereocenters. The van der Waals surface area contributed by atoms with Gasteiger partial charge in [0.2, 0.25) is 0 Å². The van der Waals surface area contributed by atoms with Crippen molar-refractivity contribution in [2.75, 3.05) is 26.9 Å². The third-order valence-electron chi connectivity index (χ3n) is 3.38. The van der Waals surface area contributed by atoms with E-state index in [0.717, 1.165) is 25.9 Å². The van der Waals surface area contributed by atoms with Gasteiger partial charge < -0.3 is 19.9 Å². The molecule has 0 saturated carbocycles. The second-order valence-electron chi connectivity index (χ2n) is 5.21. The molecule has 1 aliphatic heterocycles. The first-order valence-electron chi connectivity index (χ1n) is 6.64. The van der Waals surface area contributed by atoms with E-state index >= 15 is 0 Å². The summed E-state index contributed by atoms with van der Waals surface area (Å²) in [5.74, 6) is 0.568. The molecule has 1 rings (SSSR count). The highest BCUT2D eigenvalue weighted by molar-refractivity contribution is 4.81. The molecule has 0 radical (unpaired) electrons. The molecule has 0 aromatic heterocycles. The molecule has 1 fully saturated rings. The Bertz CT molecular complexity index is 193. The van der Waals surface area contributed by atoms with Crippen LogP contribution in [0.1, 0.15) is 33.1 Å². The number of aliphatic hydroxyl groups is 1. The maximum atomic E-state index is 9.01. The summed E-state index contributed by atoms with van der Waals surface area (Å²) in [5, 5.41) is 12.6. The van der Waals surface area contributed by atoms with Crippen LogP contribution in [0.5, 0.6) is 0 Å². The van der Waals surface area contributed by atoms with E-state index < -0.39 is 0 Å². The SMILES string of the molecule is COCC(CCO)NC1CCOC(C(C)C)C1. The van der Waals surface area contributed by atoms with Crippen LogP contribution in [0.25, 0.3) is 0 Å². The van der Waals surface area contributed by atoms with Gasteiger partial charge in [0.05, 0.1) is 12.7 Å². The molecule has 4 nitrogen and oxygen atoms in total. The predicted octanol–water partition coefficient (Wildman–Crippen LogP) is 1.18. The van der Waals surface area contributed by atoms with Crippen LogP contribution in [0.2, 0.25) is 0 Å². The molecular weight excluding hydrogens is 218 g/mol. The third kappa shape index (κ3) is 5.34. The fourth-order valence-electron chi connectivity index (χ4n) is 2.35. The van der Waals surface area contributed by atoms with Gasteiger partial charge in [-0.15, -0.1) is 0 Å². The number of methoxy groups -OCH3 is 1. The van der Waals surface area contributed by atoms with Crippen molar-refractivity contribution in [3.8, 4) is 0 Å². The minimum Gasteiger partial charge on any atom is -0.396 e. The van der Waals surface area contributed by atoms with E-state index in [1.54, 1.807) is 7.11 Å². The highest BCUT2D eigenvalue weighted by atomic mass is 16.5. The number of hydrogen-bond acceptors (Lipinski definition) is 4. The first kappa shape index (κ1) is 14.9. The normalized spacial score (nSPS) is 27.4. The van der Waals surface area contributed by atoms with Gasteiger partial charge in [-0.1, -0.05) is 13.8 Å². The Balaban J connectivity index is 2.37. The van der Waals surface area contributed by atoms with Crippen LogP contribution >= 0.6 is 0 Å². The van der Waals surface area contributed by atoms with Gasteiger partial charge in [-0.05, 0) is 25.2 Å². The summed E-state index contributed by atoms with van der Waals surface area (Å²) in [6, 6.07) is 0.740. The molecule has 1 heterocycles. The topological polar surface area (TPSA) is 50.7 Å². The molecule has 17 heavy (non-hydrogen) atoms. The van der Waals surface area contributed by atoms with Crippen molar-refractivity contribution in [1.82, 2.24) is 5.32 Å². The van der Waals surface area contributed by atoms with Gasteiger partial charge in [-0.3, -0.25) is 0 Å². The molecule has 2 N–H and O–H groups in total. The van der Waals surface area contributed by atoms with Gasteiger partial charge in [-0.25, -0.2) is 0 Å². The molecule has 102 valence electrons. The van der Waals surface area contributed by atoms with Crippen molar-refractivity contribution in [2.45, 2.75) is 51.3 Å². The molecule has 4 heteroatoms. The Kier molecular flexibility index (Phi) is 7.04. The van der Waals surface area contributed by atoms with Crippen molar-refractivity contribution in [3.63, 3.8) is 0 Å². The third-order valence-corrected chi connectivity index (χ3v) is 3.38. The molecule has 0 spiro atoms. The number of hydrogen-bond donors (Lipinski definition) is 2. The van der Waals surface area contributed by atoms with Crippen molar-refractivity contribution in [3.05, 3.63) is 0 Å². The largest absolute Gasteiger partial charge is 0.396 e. The van der Waals surface area contributed by atoms with Crippen LogP contribution in [0, 0.1) is 5.92 Å². The van der Waals surface area contributed by atoms with Gasteiger partial charge in [0.15, 0.2) is 0 Å². The average Bonchev–Trinajstić information content (AvgIpc) is 2.30. The lowest BCUT2D eigenvalue weighted by Crippen LogP contribution is -2.47.